The molecule has 0 fully saturated rings. The molecule has 1 aromatic rings. The third-order valence-electron chi connectivity index (χ3n) is 3.00. The van der Waals surface area contributed by atoms with Crippen LogP contribution in [0.4, 0.5) is 0 Å². The van der Waals surface area contributed by atoms with Gasteiger partial charge in [-0.2, -0.15) is 11.8 Å². The molecule has 6 heteroatoms. The molecule has 0 aliphatic heterocycles. The van der Waals surface area contributed by atoms with Gasteiger partial charge in [0, 0.05) is 31.0 Å². The van der Waals surface area contributed by atoms with Gasteiger partial charge in [0.25, 0.3) is 0 Å². The first kappa shape index (κ1) is 18.1. The first-order valence-corrected chi connectivity index (χ1v) is 8.17. The molecule has 0 amide bonds. The summed E-state index contributed by atoms with van der Waals surface area (Å²) < 4.78 is 10.4. The van der Waals surface area contributed by atoms with Crippen molar-refractivity contribution in [1.82, 2.24) is 5.32 Å². The molecule has 1 unspecified atom stereocenters. The molecule has 0 radical (unpaired) electrons. The van der Waals surface area contributed by atoms with Crippen molar-refractivity contribution in [2.45, 2.75) is 12.5 Å². The maximum atomic E-state index is 10.3. The molecule has 0 heterocycles. The lowest BCUT2D eigenvalue weighted by molar-refractivity contribution is 0.171. The van der Waals surface area contributed by atoms with E-state index in [4.69, 9.17) is 14.6 Å². The predicted octanol–water partition coefficient (Wildman–Crippen LogP) is 1.44. The number of aliphatic hydroxyl groups is 2. The van der Waals surface area contributed by atoms with Crippen molar-refractivity contribution in [2.75, 3.05) is 45.4 Å². The van der Waals surface area contributed by atoms with Crippen molar-refractivity contribution in [2.24, 2.45) is 0 Å². The van der Waals surface area contributed by atoms with Crippen molar-refractivity contribution >= 4 is 11.8 Å². The van der Waals surface area contributed by atoms with Crippen molar-refractivity contribution in [3.05, 3.63) is 23.8 Å². The second kappa shape index (κ2) is 10.7. The van der Waals surface area contributed by atoms with Crippen LogP contribution in [-0.4, -0.2) is 55.6 Å². The van der Waals surface area contributed by atoms with E-state index in [1.165, 1.54) is 0 Å². The smallest absolute Gasteiger partial charge is 0.124 e. The van der Waals surface area contributed by atoms with E-state index in [-0.39, 0.29) is 6.61 Å². The van der Waals surface area contributed by atoms with Crippen molar-refractivity contribution in [3.8, 4) is 11.5 Å². The number of benzene rings is 1. The molecule has 0 spiro atoms. The minimum atomic E-state index is -0.641. The first-order chi connectivity index (χ1) is 10.2. The Morgan fingerprint density at radius 3 is 2.71 bits per heavy atom. The molecule has 1 rings (SSSR count). The zero-order valence-corrected chi connectivity index (χ0v) is 13.5. The van der Waals surface area contributed by atoms with Gasteiger partial charge in [0.05, 0.1) is 20.3 Å². The van der Waals surface area contributed by atoms with Crippen molar-refractivity contribution < 1.29 is 19.7 Å². The van der Waals surface area contributed by atoms with Crippen molar-refractivity contribution in [1.29, 1.82) is 0 Å². The monoisotopic (exact) mass is 315 g/mol. The molecule has 1 aromatic carbocycles. The van der Waals surface area contributed by atoms with E-state index >= 15 is 0 Å². The number of rotatable bonds is 11. The van der Waals surface area contributed by atoms with Crippen LogP contribution in [-0.2, 0) is 0 Å². The van der Waals surface area contributed by atoms with Gasteiger partial charge in [0.2, 0.25) is 0 Å². The minimum absolute atomic E-state index is 0.245. The summed E-state index contributed by atoms with van der Waals surface area (Å²) in [5.74, 6) is 3.28. The Bertz CT molecular complexity index is 403. The van der Waals surface area contributed by atoms with Crippen LogP contribution in [0.2, 0.25) is 0 Å². The molecule has 0 aliphatic rings. The van der Waals surface area contributed by atoms with Crippen LogP contribution in [0, 0.1) is 0 Å². The summed E-state index contributed by atoms with van der Waals surface area (Å²) in [6.07, 6.45) is 0.186. The topological polar surface area (TPSA) is 71.0 Å². The van der Waals surface area contributed by atoms with Crippen LogP contribution in [0.15, 0.2) is 18.2 Å². The zero-order chi connectivity index (χ0) is 15.5. The average Bonchev–Trinajstić information content (AvgIpc) is 2.53. The lowest BCUT2D eigenvalue weighted by atomic mass is 10.1. The number of nitrogens with one attached hydrogen (secondary N) is 1. The molecular weight excluding hydrogens is 290 g/mol. The molecule has 0 aromatic heterocycles. The average molecular weight is 315 g/mol. The fraction of sp³-hybridized carbons (Fsp3) is 0.600. The highest BCUT2D eigenvalue weighted by Gasteiger charge is 2.14. The molecule has 0 aliphatic carbocycles. The Morgan fingerprint density at radius 2 is 2.05 bits per heavy atom. The SMILES string of the molecule is COc1ccc(OC)c(C(O)CNCCSCCCO)c1. The molecule has 0 saturated heterocycles. The van der Waals surface area contributed by atoms with E-state index in [1.807, 2.05) is 0 Å². The molecule has 3 N–H and O–H groups in total. The Labute approximate surface area is 130 Å². The molecule has 21 heavy (non-hydrogen) atoms. The summed E-state index contributed by atoms with van der Waals surface area (Å²) in [7, 11) is 3.18. The number of thioether (sulfide) groups is 1. The van der Waals surface area contributed by atoms with Crippen LogP contribution < -0.4 is 14.8 Å². The van der Waals surface area contributed by atoms with Crippen LogP contribution in [0.1, 0.15) is 18.1 Å². The molecule has 5 nitrogen and oxygen atoms in total. The highest BCUT2D eigenvalue weighted by molar-refractivity contribution is 7.99. The Balaban J connectivity index is 2.38. The predicted molar refractivity (Wildman–Crippen MR) is 86.4 cm³/mol. The fourth-order valence-electron chi connectivity index (χ4n) is 1.86. The largest absolute Gasteiger partial charge is 0.497 e. The lowest BCUT2D eigenvalue weighted by Crippen LogP contribution is -2.24. The lowest BCUT2D eigenvalue weighted by Gasteiger charge is -2.16. The maximum Gasteiger partial charge on any atom is 0.124 e. The van der Waals surface area contributed by atoms with E-state index in [1.54, 1.807) is 44.2 Å². The number of hydrogen-bond donors (Lipinski definition) is 3. The van der Waals surface area contributed by atoms with E-state index in [9.17, 15) is 5.11 Å². The highest BCUT2D eigenvalue weighted by atomic mass is 32.2. The fourth-order valence-corrected chi connectivity index (χ4v) is 2.69. The molecule has 0 bridgehead atoms. The van der Waals surface area contributed by atoms with Gasteiger partial charge in [-0.25, -0.2) is 0 Å². The first-order valence-electron chi connectivity index (χ1n) is 7.02. The van der Waals surface area contributed by atoms with E-state index < -0.39 is 6.10 Å². The van der Waals surface area contributed by atoms with Gasteiger partial charge < -0.3 is 25.0 Å². The quantitative estimate of drug-likeness (QED) is 0.537. The third kappa shape index (κ3) is 6.56. The van der Waals surface area contributed by atoms with E-state index in [0.29, 0.717) is 18.0 Å². The summed E-state index contributed by atoms with van der Waals surface area (Å²) in [5, 5.41) is 22.2. The van der Waals surface area contributed by atoms with Gasteiger partial charge in [0.1, 0.15) is 11.5 Å². The summed E-state index contributed by atoms with van der Waals surface area (Å²) in [5.41, 5.74) is 0.720. The van der Waals surface area contributed by atoms with Gasteiger partial charge >= 0.3 is 0 Å². The molecule has 0 saturated carbocycles. The van der Waals surface area contributed by atoms with Crippen LogP contribution in [0.3, 0.4) is 0 Å². The molecular formula is C15H25NO4S. The zero-order valence-electron chi connectivity index (χ0n) is 12.7. The van der Waals surface area contributed by atoms with Gasteiger partial charge in [-0.05, 0) is 30.4 Å². The van der Waals surface area contributed by atoms with Crippen LogP contribution >= 0.6 is 11.8 Å². The number of methoxy groups -OCH3 is 2. The number of hydrogen-bond acceptors (Lipinski definition) is 6. The summed E-state index contributed by atoms with van der Waals surface area (Å²) in [4.78, 5) is 0. The van der Waals surface area contributed by atoms with E-state index in [0.717, 1.165) is 30.0 Å². The van der Waals surface area contributed by atoms with Gasteiger partial charge in [0.15, 0.2) is 0 Å². The van der Waals surface area contributed by atoms with Gasteiger partial charge in [-0.1, -0.05) is 0 Å². The van der Waals surface area contributed by atoms with Crippen LogP contribution in [0.5, 0.6) is 11.5 Å². The van der Waals surface area contributed by atoms with E-state index in [2.05, 4.69) is 5.32 Å². The molecule has 120 valence electrons. The normalized spacial score (nSPS) is 12.2. The molecule has 1 atom stereocenters. The minimum Gasteiger partial charge on any atom is -0.497 e. The Hall–Kier alpha value is -0.950. The number of aliphatic hydroxyl groups excluding tert-OH is 2. The summed E-state index contributed by atoms with van der Waals surface area (Å²) in [6.45, 7) is 1.53. The maximum absolute atomic E-state index is 10.3. The standard InChI is InChI=1S/C15H25NO4S/c1-19-12-4-5-15(20-2)13(10-12)14(18)11-16-6-9-21-8-3-7-17/h4-5,10,14,16-18H,3,6-9,11H2,1-2H3. The van der Waals surface area contributed by atoms with Crippen molar-refractivity contribution in [3.63, 3.8) is 0 Å². The van der Waals surface area contributed by atoms with Crippen LogP contribution in [0.25, 0.3) is 0 Å². The summed E-state index contributed by atoms with van der Waals surface area (Å²) >= 11 is 1.79. The Morgan fingerprint density at radius 1 is 1.24 bits per heavy atom. The third-order valence-corrected chi connectivity index (χ3v) is 4.07. The summed E-state index contributed by atoms with van der Waals surface area (Å²) in [6, 6.07) is 5.39. The van der Waals surface area contributed by atoms with Gasteiger partial charge in [-0.3, -0.25) is 0 Å². The Kier molecular flexibility index (Phi) is 9.25. The highest BCUT2D eigenvalue weighted by Crippen LogP contribution is 2.28. The second-order valence-electron chi connectivity index (χ2n) is 4.52. The number of ether oxygens (including phenoxy) is 2. The van der Waals surface area contributed by atoms with Gasteiger partial charge in [-0.15, -0.1) is 0 Å². The second-order valence-corrected chi connectivity index (χ2v) is 5.74.